The van der Waals surface area contributed by atoms with Gasteiger partial charge in [-0.25, -0.2) is 4.79 Å². The molecule has 1 saturated heterocycles. The summed E-state index contributed by atoms with van der Waals surface area (Å²) in [6, 6.07) is 17.1. The summed E-state index contributed by atoms with van der Waals surface area (Å²) in [7, 11) is 2.93. The van der Waals surface area contributed by atoms with Crippen molar-refractivity contribution in [3.63, 3.8) is 0 Å². The van der Waals surface area contributed by atoms with E-state index in [0.29, 0.717) is 6.61 Å². The standard InChI is InChI=1S/C21H24O6/c1-21(14-25-13-15-7-5-4-6-8-15)18(19(22)24-3)26-20(27-21)16-9-11-17(23-2)12-10-16/h4-12,18,20H,13-14H2,1-3H3/t18-,20?,21-/m1/s1. The van der Waals surface area contributed by atoms with Crippen molar-refractivity contribution in [1.29, 1.82) is 0 Å². The summed E-state index contributed by atoms with van der Waals surface area (Å²) < 4.78 is 27.9. The van der Waals surface area contributed by atoms with Crippen LogP contribution >= 0.6 is 0 Å². The minimum absolute atomic E-state index is 0.189. The molecule has 1 aliphatic heterocycles. The summed E-state index contributed by atoms with van der Waals surface area (Å²) >= 11 is 0. The molecule has 6 nitrogen and oxygen atoms in total. The molecule has 1 heterocycles. The molecule has 0 saturated carbocycles. The molecule has 0 amide bonds. The van der Waals surface area contributed by atoms with Crippen LogP contribution in [0.1, 0.15) is 24.3 Å². The van der Waals surface area contributed by atoms with Crippen LogP contribution in [-0.2, 0) is 30.3 Å². The molecule has 0 radical (unpaired) electrons. The fourth-order valence-corrected chi connectivity index (χ4v) is 2.98. The lowest BCUT2D eigenvalue weighted by Crippen LogP contribution is -2.46. The van der Waals surface area contributed by atoms with Crippen molar-refractivity contribution in [2.24, 2.45) is 0 Å². The maximum absolute atomic E-state index is 12.2. The van der Waals surface area contributed by atoms with E-state index >= 15 is 0 Å². The quantitative estimate of drug-likeness (QED) is 0.695. The molecule has 3 atom stereocenters. The van der Waals surface area contributed by atoms with Gasteiger partial charge >= 0.3 is 5.97 Å². The zero-order chi connectivity index (χ0) is 19.3. The van der Waals surface area contributed by atoms with Crippen LogP contribution < -0.4 is 4.74 Å². The van der Waals surface area contributed by atoms with Gasteiger partial charge < -0.3 is 23.7 Å². The average molecular weight is 372 g/mol. The second kappa shape index (κ2) is 8.52. The van der Waals surface area contributed by atoms with E-state index < -0.39 is 24.0 Å². The first-order chi connectivity index (χ1) is 13.1. The normalized spacial score (nSPS) is 24.6. The molecule has 2 aromatic rings. The number of carbonyl (C=O) groups is 1. The van der Waals surface area contributed by atoms with Crippen LogP contribution in [0.4, 0.5) is 0 Å². The molecule has 0 bridgehead atoms. The molecular formula is C21H24O6. The van der Waals surface area contributed by atoms with Gasteiger partial charge in [-0.05, 0) is 24.6 Å². The smallest absolute Gasteiger partial charge is 0.338 e. The fourth-order valence-electron chi connectivity index (χ4n) is 2.98. The number of ether oxygens (including phenoxy) is 5. The van der Waals surface area contributed by atoms with Gasteiger partial charge in [-0.2, -0.15) is 0 Å². The van der Waals surface area contributed by atoms with Gasteiger partial charge in [-0.1, -0.05) is 42.5 Å². The summed E-state index contributed by atoms with van der Waals surface area (Å²) in [5, 5.41) is 0. The molecule has 1 fully saturated rings. The molecule has 6 heteroatoms. The Balaban J connectivity index is 1.71. The topological polar surface area (TPSA) is 63.2 Å². The lowest BCUT2D eigenvalue weighted by atomic mass is 10.0. The Hall–Kier alpha value is -2.41. The number of hydrogen-bond donors (Lipinski definition) is 0. The predicted octanol–water partition coefficient (Wildman–Crippen LogP) is 3.26. The van der Waals surface area contributed by atoms with Gasteiger partial charge in [0.05, 0.1) is 27.4 Å². The second-order valence-corrected chi connectivity index (χ2v) is 6.55. The molecule has 1 aliphatic rings. The second-order valence-electron chi connectivity index (χ2n) is 6.55. The van der Waals surface area contributed by atoms with E-state index in [2.05, 4.69) is 0 Å². The van der Waals surface area contributed by atoms with Gasteiger partial charge in [0.2, 0.25) is 0 Å². The molecule has 1 unspecified atom stereocenters. The number of rotatable bonds is 7. The lowest BCUT2D eigenvalue weighted by Gasteiger charge is -2.26. The molecule has 144 valence electrons. The Bertz CT molecular complexity index is 745. The molecule has 0 aliphatic carbocycles. The Kier molecular flexibility index (Phi) is 6.11. The maximum atomic E-state index is 12.2. The zero-order valence-electron chi connectivity index (χ0n) is 15.7. The van der Waals surface area contributed by atoms with E-state index in [1.165, 1.54) is 7.11 Å². The Morgan fingerprint density at radius 2 is 1.78 bits per heavy atom. The molecule has 0 spiro atoms. The molecule has 2 aromatic carbocycles. The van der Waals surface area contributed by atoms with Gasteiger partial charge in [0.15, 0.2) is 12.4 Å². The minimum Gasteiger partial charge on any atom is -0.497 e. The van der Waals surface area contributed by atoms with Crippen molar-refractivity contribution in [2.75, 3.05) is 20.8 Å². The average Bonchev–Trinajstić information content (AvgIpc) is 3.06. The van der Waals surface area contributed by atoms with Crippen LogP contribution in [0, 0.1) is 0 Å². The number of esters is 1. The summed E-state index contributed by atoms with van der Waals surface area (Å²) in [6.45, 7) is 2.40. The van der Waals surface area contributed by atoms with E-state index in [9.17, 15) is 4.79 Å². The van der Waals surface area contributed by atoms with Crippen LogP contribution in [0.5, 0.6) is 5.75 Å². The van der Waals surface area contributed by atoms with Gasteiger partial charge in [0, 0.05) is 5.56 Å². The van der Waals surface area contributed by atoms with Crippen LogP contribution in [0.25, 0.3) is 0 Å². The first kappa shape index (κ1) is 19.4. The van der Waals surface area contributed by atoms with E-state index in [-0.39, 0.29) is 6.61 Å². The lowest BCUT2D eigenvalue weighted by molar-refractivity contribution is -0.156. The van der Waals surface area contributed by atoms with Gasteiger partial charge in [0.1, 0.15) is 11.4 Å². The molecule has 0 aromatic heterocycles. The maximum Gasteiger partial charge on any atom is 0.338 e. The summed E-state index contributed by atoms with van der Waals surface area (Å²) in [5.41, 5.74) is 0.866. The predicted molar refractivity (Wildman–Crippen MR) is 98.2 cm³/mol. The van der Waals surface area contributed by atoms with Crippen LogP contribution in [0.2, 0.25) is 0 Å². The molecule has 27 heavy (non-hydrogen) atoms. The van der Waals surface area contributed by atoms with Gasteiger partial charge in [-0.3, -0.25) is 0 Å². The van der Waals surface area contributed by atoms with Crippen molar-refractivity contribution >= 4 is 5.97 Å². The largest absolute Gasteiger partial charge is 0.497 e. The van der Waals surface area contributed by atoms with E-state index in [1.807, 2.05) is 54.6 Å². The van der Waals surface area contributed by atoms with E-state index in [4.69, 9.17) is 23.7 Å². The monoisotopic (exact) mass is 372 g/mol. The van der Waals surface area contributed by atoms with Crippen LogP contribution in [-0.4, -0.2) is 38.5 Å². The highest BCUT2D eigenvalue weighted by Gasteiger charge is 2.51. The van der Waals surface area contributed by atoms with Crippen molar-refractivity contribution in [2.45, 2.75) is 31.5 Å². The van der Waals surface area contributed by atoms with Crippen molar-refractivity contribution in [3.8, 4) is 5.75 Å². The SMILES string of the molecule is COC(=O)[C@H]1OC(c2ccc(OC)cc2)O[C@]1(C)COCc1ccccc1. The molecular weight excluding hydrogens is 348 g/mol. The summed E-state index contributed by atoms with van der Waals surface area (Å²) in [5.74, 6) is 0.243. The Labute approximate surface area is 158 Å². The van der Waals surface area contributed by atoms with Crippen LogP contribution in [0.15, 0.2) is 54.6 Å². The van der Waals surface area contributed by atoms with Gasteiger partial charge in [0.25, 0.3) is 0 Å². The minimum atomic E-state index is -0.966. The van der Waals surface area contributed by atoms with Crippen molar-refractivity contribution in [1.82, 2.24) is 0 Å². The zero-order valence-corrected chi connectivity index (χ0v) is 15.7. The third kappa shape index (κ3) is 4.47. The van der Waals surface area contributed by atoms with Crippen LogP contribution in [0.3, 0.4) is 0 Å². The van der Waals surface area contributed by atoms with E-state index in [0.717, 1.165) is 16.9 Å². The number of carbonyl (C=O) groups excluding carboxylic acids is 1. The van der Waals surface area contributed by atoms with Crippen molar-refractivity contribution in [3.05, 3.63) is 65.7 Å². The molecule has 0 N–H and O–H groups in total. The van der Waals surface area contributed by atoms with E-state index in [1.54, 1.807) is 14.0 Å². The number of methoxy groups -OCH3 is 2. The van der Waals surface area contributed by atoms with Crippen molar-refractivity contribution < 1.29 is 28.5 Å². The van der Waals surface area contributed by atoms with Gasteiger partial charge in [-0.15, -0.1) is 0 Å². The fraction of sp³-hybridized carbons (Fsp3) is 0.381. The summed E-state index contributed by atoms with van der Waals surface area (Å²) in [6.07, 6.45) is -1.57. The third-order valence-corrected chi connectivity index (χ3v) is 4.49. The summed E-state index contributed by atoms with van der Waals surface area (Å²) in [4.78, 5) is 12.2. The first-order valence-corrected chi connectivity index (χ1v) is 8.72. The third-order valence-electron chi connectivity index (χ3n) is 4.49. The number of benzene rings is 2. The highest BCUT2D eigenvalue weighted by atomic mass is 16.8. The first-order valence-electron chi connectivity index (χ1n) is 8.72. The highest BCUT2D eigenvalue weighted by Crippen LogP contribution is 2.39. The number of hydrogen-bond acceptors (Lipinski definition) is 6. The highest BCUT2D eigenvalue weighted by molar-refractivity contribution is 5.76. The Morgan fingerprint density at radius 1 is 1.07 bits per heavy atom. The Morgan fingerprint density at radius 3 is 2.41 bits per heavy atom. The molecule has 3 rings (SSSR count).